The molecular formula is C21H35N7O3. The average Bonchev–Trinajstić information content (AvgIpc) is 3.25. The van der Waals surface area contributed by atoms with Crippen molar-refractivity contribution in [2.75, 3.05) is 45.9 Å². The Labute approximate surface area is 183 Å². The third-order valence-corrected chi connectivity index (χ3v) is 5.61. The van der Waals surface area contributed by atoms with Crippen molar-refractivity contribution >= 4 is 5.96 Å². The number of hydrogen-bond acceptors (Lipinski definition) is 7. The molecule has 2 aromatic rings. The van der Waals surface area contributed by atoms with Gasteiger partial charge in [-0.05, 0) is 33.8 Å². The summed E-state index contributed by atoms with van der Waals surface area (Å²) < 4.78 is 12.9. The van der Waals surface area contributed by atoms with Crippen LogP contribution in [0.3, 0.4) is 0 Å². The van der Waals surface area contributed by atoms with Crippen molar-refractivity contribution in [2.24, 2.45) is 12.0 Å². The Morgan fingerprint density at radius 1 is 1.23 bits per heavy atom. The summed E-state index contributed by atoms with van der Waals surface area (Å²) in [5, 5.41) is 26.0. The molecule has 172 valence electrons. The zero-order valence-electron chi connectivity index (χ0n) is 19.2. The Morgan fingerprint density at radius 2 is 1.97 bits per heavy atom. The van der Waals surface area contributed by atoms with Crippen LogP contribution in [-0.2, 0) is 23.9 Å². The number of aromatic nitrogens is 3. The number of nitrogens with one attached hydrogen (secondary N) is 2. The smallest absolute Gasteiger partial charge is 0.191 e. The first-order valence-corrected chi connectivity index (χ1v) is 10.7. The number of ether oxygens (including phenoxy) is 1. The Hall–Kier alpha value is -2.43. The van der Waals surface area contributed by atoms with E-state index in [0.717, 1.165) is 68.1 Å². The fourth-order valence-corrected chi connectivity index (χ4v) is 3.59. The third-order valence-electron chi connectivity index (χ3n) is 5.61. The first kappa shape index (κ1) is 23.2. The van der Waals surface area contributed by atoms with Crippen molar-refractivity contribution in [3.05, 3.63) is 34.8 Å². The molecular weight excluding hydrogens is 398 g/mol. The second kappa shape index (κ2) is 10.3. The highest BCUT2D eigenvalue weighted by Crippen LogP contribution is 2.26. The van der Waals surface area contributed by atoms with Gasteiger partial charge in [-0.2, -0.15) is 0 Å². The average molecular weight is 434 g/mol. The summed E-state index contributed by atoms with van der Waals surface area (Å²) in [5.74, 6) is 3.74. The standard InChI is InChI=1S/C21H35N7O3/c1-15-12-18(16(2)31-15)21(4,29)14-24-20(22-6-7-28-8-10-30-11-9-28)23-13-19-26-25-17(3)27(19)5/h12,29H,6-11,13-14H2,1-5H3,(H2,22,23,24). The molecule has 10 heteroatoms. The van der Waals surface area contributed by atoms with Gasteiger partial charge < -0.3 is 29.5 Å². The minimum atomic E-state index is -1.10. The van der Waals surface area contributed by atoms with Crippen LogP contribution in [0.1, 0.15) is 35.7 Å². The van der Waals surface area contributed by atoms with Gasteiger partial charge in [-0.3, -0.25) is 4.90 Å². The van der Waals surface area contributed by atoms with Crippen LogP contribution in [0.5, 0.6) is 0 Å². The summed E-state index contributed by atoms with van der Waals surface area (Å²) in [6.45, 7) is 13.1. The van der Waals surface area contributed by atoms with Crippen molar-refractivity contribution in [3.8, 4) is 0 Å². The molecule has 31 heavy (non-hydrogen) atoms. The number of furan rings is 1. The van der Waals surface area contributed by atoms with Crippen molar-refractivity contribution < 1.29 is 14.3 Å². The minimum absolute atomic E-state index is 0.286. The summed E-state index contributed by atoms with van der Waals surface area (Å²) in [5.41, 5.74) is -0.329. The Bertz CT molecular complexity index is 882. The van der Waals surface area contributed by atoms with E-state index in [4.69, 9.17) is 9.15 Å². The lowest BCUT2D eigenvalue weighted by atomic mass is 9.96. The highest BCUT2D eigenvalue weighted by atomic mass is 16.5. The predicted octanol–water partition coefficient (Wildman–Crippen LogP) is 0.608. The summed E-state index contributed by atoms with van der Waals surface area (Å²) in [6.07, 6.45) is 0. The van der Waals surface area contributed by atoms with Gasteiger partial charge in [0.1, 0.15) is 29.5 Å². The Morgan fingerprint density at radius 3 is 2.58 bits per heavy atom. The van der Waals surface area contributed by atoms with E-state index in [-0.39, 0.29) is 6.54 Å². The molecule has 3 rings (SSSR count). The summed E-state index contributed by atoms with van der Waals surface area (Å²) >= 11 is 0. The fraction of sp³-hybridized carbons (Fsp3) is 0.667. The number of morpholine rings is 1. The Kier molecular flexibility index (Phi) is 7.69. The third kappa shape index (κ3) is 6.28. The minimum Gasteiger partial charge on any atom is -0.466 e. The zero-order valence-corrected chi connectivity index (χ0v) is 19.2. The maximum Gasteiger partial charge on any atom is 0.191 e. The van der Waals surface area contributed by atoms with Gasteiger partial charge in [-0.1, -0.05) is 0 Å². The molecule has 1 atom stereocenters. The Balaban J connectivity index is 1.64. The zero-order chi connectivity index (χ0) is 22.4. The van der Waals surface area contributed by atoms with Crippen LogP contribution in [0.15, 0.2) is 15.5 Å². The second-order valence-corrected chi connectivity index (χ2v) is 8.22. The SMILES string of the molecule is Cc1cc(C(C)(O)CNC(=NCc2nnc(C)n2C)NCCN2CCOCC2)c(C)o1. The molecule has 0 saturated carbocycles. The van der Waals surface area contributed by atoms with E-state index in [1.165, 1.54) is 0 Å². The molecule has 1 aliphatic rings. The van der Waals surface area contributed by atoms with Gasteiger partial charge in [-0.25, -0.2) is 4.99 Å². The lowest BCUT2D eigenvalue weighted by molar-refractivity contribution is 0.0388. The van der Waals surface area contributed by atoms with E-state index in [9.17, 15) is 5.11 Å². The summed E-state index contributed by atoms with van der Waals surface area (Å²) in [4.78, 5) is 7.02. The molecule has 1 fully saturated rings. The van der Waals surface area contributed by atoms with E-state index in [1.807, 2.05) is 38.5 Å². The number of rotatable bonds is 8. The number of hydrogen-bond donors (Lipinski definition) is 3. The molecule has 0 amide bonds. The molecule has 1 aliphatic heterocycles. The topological polar surface area (TPSA) is 113 Å². The van der Waals surface area contributed by atoms with E-state index in [0.29, 0.717) is 12.5 Å². The molecule has 3 N–H and O–H groups in total. The normalized spacial score (nSPS) is 17.5. The lowest BCUT2D eigenvalue weighted by Gasteiger charge is -2.27. The number of guanidine groups is 1. The maximum absolute atomic E-state index is 11.0. The van der Waals surface area contributed by atoms with E-state index in [1.54, 1.807) is 6.92 Å². The summed E-state index contributed by atoms with van der Waals surface area (Å²) in [7, 11) is 1.92. The molecule has 3 heterocycles. The number of nitrogens with zero attached hydrogens (tertiary/aromatic N) is 5. The van der Waals surface area contributed by atoms with Gasteiger partial charge in [0.2, 0.25) is 0 Å². The lowest BCUT2D eigenvalue weighted by Crippen LogP contribution is -2.47. The fourth-order valence-electron chi connectivity index (χ4n) is 3.59. The van der Waals surface area contributed by atoms with Crippen LogP contribution < -0.4 is 10.6 Å². The highest BCUT2D eigenvalue weighted by Gasteiger charge is 2.28. The van der Waals surface area contributed by atoms with Crippen LogP contribution in [-0.4, -0.2) is 76.7 Å². The van der Waals surface area contributed by atoms with Crippen molar-refractivity contribution in [3.63, 3.8) is 0 Å². The summed E-state index contributed by atoms with van der Waals surface area (Å²) in [6, 6.07) is 1.88. The first-order valence-electron chi connectivity index (χ1n) is 10.7. The number of aliphatic imine (C=N–C) groups is 1. The molecule has 1 saturated heterocycles. The number of aliphatic hydroxyl groups is 1. The van der Waals surface area contributed by atoms with Gasteiger partial charge in [0.05, 0.1) is 19.8 Å². The van der Waals surface area contributed by atoms with Gasteiger partial charge in [0, 0.05) is 38.8 Å². The molecule has 0 aliphatic carbocycles. The van der Waals surface area contributed by atoms with Crippen molar-refractivity contribution in [1.29, 1.82) is 0 Å². The van der Waals surface area contributed by atoms with Gasteiger partial charge in [0.15, 0.2) is 11.8 Å². The van der Waals surface area contributed by atoms with Crippen LogP contribution in [0.2, 0.25) is 0 Å². The van der Waals surface area contributed by atoms with Crippen LogP contribution in [0.25, 0.3) is 0 Å². The van der Waals surface area contributed by atoms with Crippen molar-refractivity contribution in [1.82, 2.24) is 30.3 Å². The van der Waals surface area contributed by atoms with Crippen molar-refractivity contribution in [2.45, 2.75) is 39.8 Å². The van der Waals surface area contributed by atoms with Crippen LogP contribution >= 0.6 is 0 Å². The van der Waals surface area contributed by atoms with Crippen LogP contribution in [0, 0.1) is 20.8 Å². The monoisotopic (exact) mass is 433 g/mol. The van der Waals surface area contributed by atoms with E-state index >= 15 is 0 Å². The molecule has 1 unspecified atom stereocenters. The van der Waals surface area contributed by atoms with Crippen LogP contribution in [0.4, 0.5) is 0 Å². The largest absolute Gasteiger partial charge is 0.466 e. The van der Waals surface area contributed by atoms with E-state index < -0.39 is 5.60 Å². The van der Waals surface area contributed by atoms with Gasteiger partial charge >= 0.3 is 0 Å². The number of aryl methyl sites for hydroxylation is 3. The quantitative estimate of drug-likeness (QED) is 0.410. The maximum atomic E-state index is 11.0. The highest BCUT2D eigenvalue weighted by molar-refractivity contribution is 5.79. The molecule has 10 nitrogen and oxygen atoms in total. The molecule has 0 spiro atoms. The molecule has 0 aromatic carbocycles. The predicted molar refractivity (Wildman–Crippen MR) is 118 cm³/mol. The second-order valence-electron chi connectivity index (χ2n) is 8.22. The molecule has 2 aromatic heterocycles. The van der Waals surface area contributed by atoms with E-state index in [2.05, 4.69) is 30.7 Å². The molecule has 0 radical (unpaired) electrons. The molecule has 0 bridgehead atoms. The first-order chi connectivity index (χ1) is 14.8. The van der Waals surface area contributed by atoms with Gasteiger partial charge in [-0.15, -0.1) is 10.2 Å². The van der Waals surface area contributed by atoms with Gasteiger partial charge in [0.25, 0.3) is 0 Å².